The van der Waals surface area contributed by atoms with E-state index in [0.717, 1.165) is 29.1 Å². The largest absolute Gasteiger partial charge is 0.496 e. The van der Waals surface area contributed by atoms with Gasteiger partial charge >= 0.3 is 0 Å². The molecule has 0 radical (unpaired) electrons. The Hall–Kier alpha value is -1.58. The monoisotopic (exact) mass is 290 g/mol. The van der Waals surface area contributed by atoms with Crippen LogP contribution in [0.5, 0.6) is 5.75 Å². The van der Waals surface area contributed by atoms with E-state index in [1.54, 1.807) is 7.11 Å². The number of nitrogens with one attached hydrogen (secondary N) is 1. The second-order valence-corrected chi connectivity index (χ2v) is 5.14. The van der Waals surface area contributed by atoms with E-state index in [1.807, 2.05) is 50.4 Å². The van der Waals surface area contributed by atoms with Crippen LogP contribution in [-0.4, -0.2) is 19.1 Å². The van der Waals surface area contributed by atoms with Crippen molar-refractivity contribution in [2.45, 2.75) is 19.4 Å². The molecule has 106 valence electrons. The number of hydrogen-bond donors (Lipinski definition) is 1. The molecule has 1 N–H and O–H groups in total. The van der Waals surface area contributed by atoms with Gasteiger partial charge in [-0.3, -0.25) is 4.98 Å². The fraction of sp³-hybridized carbons (Fsp3) is 0.312. The number of rotatable bonds is 5. The fourth-order valence-electron chi connectivity index (χ4n) is 2.24. The number of aromatic nitrogens is 1. The molecule has 1 aromatic heterocycles. The van der Waals surface area contributed by atoms with Gasteiger partial charge in [0.15, 0.2) is 0 Å². The first-order chi connectivity index (χ1) is 9.63. The molecule has 2 aromatic rings. The third-order valence-electron chi connectivity index (χ3n) is 3.28. The standard InChI is InChI=1S/C16H19ClN2O/c1-11-5-4-6-14(19-11)15(18-2)10-12-9-13(17)7-8-16(12)20-3/h4-9,15,18H,10H2,1-3H3. The van der Waals surface area contributed by atoms with Crippen molar-refractivity contribution in [2.24, 2.45) is 0 Å². The van der Waals surface area contributed by atoms with Crippen molar-refractivity contribution in [3.63, 3.8) is 0 Å². The lowest BCUT2D eigenvalue weighted by Crippen LogP contribution is -2.20. The Kier molecular flexibility index (Phi) is 4.99. The van der Waals surface area contributed by atoms with Gasteiger partial charge < -0.3 is 10.1 Å². The Morgan fingerprint density at radius 2 is 2.10 bits per heavy atom. The molecule has 0 saturated carbocycles. The highest BCUT2D eigenvalue weighted by Crippen LogP contribution is 2.27. The van der Waals surface area contributed by atoms with Crippen molar-refractivity contribution < 1.29 is 4.74 Å². The molecule has 0 spiro atoms. The van der Waals surface area contributed by atoms with E-state index in [2.05, 4.69) is 10.3 Å². The van der Waals surface area contributed by atoms with Crippen LogP contribution in [0.15, 0.2) is 36.4 Å². The maximum absolute atomic E-state index is 6.08. The third kappa shape index (κ3) is 3.50. The number of methoxy groups -OCH3 is 1. The molecule has 3 nitrogen and oxygen atoms in total. The first kappa shape index (κ1) is 14.8. The van der Waals surface area contributed by atoms with E-state index in [-0.39, 0.29) is 6.04 Å². The van der Waals surface area contributed by atoms with Crippen LogP contribution in [0.25, 0.3) is 0 Å². The van der Waals surface area contributed by atoms with E-state index >= 15 is 0 Å². The Bertz CT molecular complexity index is 586. The molecule has 0 aliphatic rings. The minimum Gasteiger partial charge on any atom is -0.496 e. The topological polar surface area (TPSA) is 34.1 Å². The minimum atomic E-state index is 0.127. The van der Waals surface area contributed by atoms with Gasteiger partial charge in [-0.05, 0) is 56.3 Å². The maximum Gasteiger partial charge on any atom is 0.122 e. The fourth-order valence-corrected chi connectivity index (χ4v) is 2.43. The quantitative estimate of drug-likeness (QED) is 0.914. The van der Waals surface area contributed by atoms with Crippen molar-refractivity contribution in [1.29, 1.82) is 0 Å². The maximum atomic E-state index is 6.08. The van der Waals surface area contributed by atoms with Crippen LogP contribution >= 0.6 is 11.6 Å². The Balaban J connectivity index is 2.28. The summed E-state index contributed by atoms with van der Waals surface area (Å²) in [5, 5.41) is 4.02. The number of ether oxygens (including phenoxy) is 1. The van der Waals surface area contributed by atoms with Gasteiger partial charge in [0, 0.05) is 10.7 Å². The number of nitrogens with zero attached hydrogens (tertiary/aromatic N) is 1. The van der Waals surface area contributed by atoms with Gasteiger partial charge in [0.25, 0.3) is 0 Å². The number of aryl methyl sites for hydroxylation is 1. The first-order valence-corrected chi connectivity index (χ1v) is 6.95. The highest BCUT2D eigenvalue weighted by atomic mass is 35.5. The molecule has 0 fully saturated rings. The summed E-state index contributed by atoms with van der Waals surface area (Å²) in [4.78, 5) is 4.58. The van der Waals surface area contributed by atoms with Crippen LogP contribution in [-0.2, 0) is 6.42 Å². The number of benzene rings is 1. The summed E-state index contributed by atoms with van der Waals surface area (Å²) in [5.74, 6) is 0.849. The second-order valence-electron chi connectivity index (χ2n) is 4.71. The highest BCUT2D eigenvalue weighted by molar-refractivity contribution is 6.30. The van der Waals surface area contributed by atoms with Gasteiger partial charge in [0.1, 0.15) is 5.75 Å². The first-order valence-electron chi connectivity index (χ1n) is 6.57. The zero-order valence-electron chi connectivity index (χ0n) is 12.0. The van der Waals surface area contributed by atoms with Crippen LogP contribution < -0.4 is 10.1 Å². The molecule has 0 aliphatic carbocycles. The van der Waals surface area contributed by atoms with E-state index < -0.39 is 0 Å². The lowest BCUT2D eigenvalue weighted by molar-refractivity contribution is 0.406. The predicted molar refractivity (Wildman–Crippen MR) is 82.5 cm³/mol. The van der Waals surface area contributed by atoms with Gasteiger partial charge in [0.05, 0.1) is 18.8 Å². The van der Waals surface area contributed by atoms with Crippen molar-refractivity contribution in [1.82, 2.24) is 10.3 Å². The molecular formula is C16H19ClN2O. The predicted octanol–water partition coefficient (Wildman–Crippen LogP) is 3.56. The highest BCUT2D eigenvalue weighted by Gasteiger charge is 2.14. The zero-order chi connectivity index (χ0) is 14.5. The minimum absolute atomic E-state index is 0.127. The molecule has 0 bridgehead atoms. The van der Waals surface area contributed by atoms with E-state index in [1.165, 1.54) is 0 Å². The number of pyridine rings is 1. The van der Waals surface area contributed by atoms with Crippen LogP contribution in [0.4, 0.5) is 0 Å². The van der Waals surface area contributed by atoms with E-state index in [0.29, 0.717) is 5.02 Å². The van der Waals surface area contributed by atoms with Crippen LogP contribution in [0.1, 0.15) is 23.0 Å². The molecule has 20 heavy (non-hydrogen) atoms. The number of halogens is 1. The molecule has 1 unspecified atom stereocenters. The Labute approximate surface area is 124 Å². The van der Waals surface area contributed by atoms with E-state index in [9.17, 15) is 0 Å². The van der Waals surface area contributed by atoms with Gasteiger partial charge in [-0.1, -0.05) is 17.7 Å². The van der Waals surface area contributed by atoms with Crippen molar-refractivity contribution in [3.05, 3.63) is 58.4 Å². The van der Waals surface area contributed by atoms with E-state index in [4.69, 9.17) is 16.3 Å². The lowest BCUT2D eigenvalue weighted by Gasteiger charge is -2.18. The average molecular weight is 291 g/mol. The van der Waals surface area contributed by atoms with Crippen molar-refractivity contribution >= 4 is 11.6 Å². The molecule has 4 heteroatoms. The third-order valence-corrected chi connectivity index (χ3v) is 3.52. The summed E-state index contributed by atoms with van der Waals surface area (Å²) in [7, 11) is 3.61. The molecule has 1 heterocycles. The van der Waals surface area contributed by atoms with Crippen LogP contribution in [0.2, 0.25) is 5.02 Å². The summed E-state index contributed by atoms with van der Waals surface area (Å²) >= 11 is 6.08. The molecule has 0 aliphatic heterocycles. The van der Waals surface area contributed by atoms with Gasteiger partial charge in [-0.2, -0.15) is 0 Å². The van der Waals surface area contributed by atoms with Crippen LogP contribution in [0.3, 0.4) is 0 Å². The zero-order valence-corrected chi connectivity index (χ0v) is 12.7. The van der Waals surface area contributed by atoms with Crippen molar-refractivity contribution in [2.75, 3.05) is 14.2 Å². The SMILES string of the molecule is CNC(Cc1cc(Cl)ccc1OC)c1cccc(C)n1. The number of likely N-dealkylation sites (N-methyl/N-ethyl adjacent to an activating group) is 1. The average Bonchev–Trinajstić information content (AvgIpc) is 2.45. The summed E-state index contributed by atoms with van der Waals surface area (Å²) in [5.41, 5.74) is 3.11. The molecule has 1 atom stereocenters. The normalized spacial score (nSPS) is 12.2. The Morgan fingerprint density at radius 1 is 1.30 bits per heavy atom. The molecule has 0 saturated heterocycles. The summed E-state index contributed by atoms with van der Waals surface area (Å²) in [6.45, 7) is 2.00. The molecular weight excluding hydrogens is 272 g/mol. The molecule has 2 rings (SSSR count). The summed E-state index contributed by atoms with van der Waals surface area (Å²) < 4.78 is 5.40. The molecule has 1 aromatic carbocycles. The van der Waals surface area contributed by atoms with Gasteiger partial charge in [-0.15, -0.1) is 0 Å². The number of hydrogen-bond acceptors (Lipinski definition) is 3. The van der Waals surface area contributed by atoms with Crippen molar-refractivity contribution in [3.8, 4) is 5.75 Å². The second kappa shape index (κ2) is 6.73. The molecule has 0 amide bonds. The van der Waals surface area contributed by atoms with Gasteiger partial charge in [-0.25, -0.2) is 0 Å². The summed E-state index contributed by atoms with van der Waals surface area (Å²) in [6.07, 6.45) is 0.774. The van der Waals surface area contributed by atoms with Gasteiger partial charge in [0.2, 0.25) is 0 Å². The lowest BCUT2D eigenvalue weighted by atomic mass is 10.0. The van der Waals surface area contributed by atoms with Crippen LogP contribution in [0, 0.1) is 6.92 Å². The Morgan fingerprint density at radius 3 is 2.75 bits per heavy atom. The smallest absolute Gasteiger partial charge is 0.122 e. The summed E-state index contributed by atoms with van der Waals surface area (Å²) in [6, 6.07) is 11.9.